The van der Waals surface area contributed by atoms with Gasteiger partial charge in [-0.25, -0.2) is 0 Å². The first-order valence-corrected chi connectivity index (χ1v) is 9.61. The van der Waals surface area contributed by atoms with Crippen LogP contribution in [-0.4, -0.2) is 47.7 Å². The maximum absolute atomic E-state index is 12.1. The number of unbranched alkanes of at least 4 members (excludes halogenated alkanes) is 3. The normalized spacial score (nSPS) is 19.3. The summed E-state index contributed by atoms with van der Waals surface area (Å²) in [6, 6.07) is 0.0803. The average Bonchev–Trinajstić information content (AvgIpc) is 2.99. The first kappa shape index (κ1) is 22.2. The van der Waals surface area contributed by atoms with Crippen LogP contribution in [0.5, 0.6) is 0 Å². The highest BCUT2D eigenvalue weighted by molar-refractivity contribution is 5.79. The van der Waals surface area contributed by atoms with Crippen LogP contribution in [0.4, 0.5) is 0 Å². The Morgan fingerprint density at radius 1 is 1.38 bits per heavy atom. The quantitative estimate of drug-likeness (QED) is 0.265. The fourth-order valence-electron chi connectivity index (χ4n) is 3.07. The van der Waals surface area contributed by atoms with Crippen molar-refractivity contribution in [3.8, 4) is 11.8 Å². The molecule has 1 aliphatic heterocycles. The average molecular weight is 363 g/mol. The molecule has 0 spiro atoms. The Morgan fingerprint density at radius 3 is 2.81 bits per heavy atom. The summed E-state index contributed by atoms with van der Waals surface area (Å²) in [4.78, 5) is 25.1. The van der Waals surface area contributed by atoms with Gasteiger partial charge in [0.15, 0.2) is 0 Å². The number of rotatable bonds is 11. The summed E-state index contributed by atoms with van der Waals surface area (Å²) < 4.78 is 4.62. The number of amides is 1. The highest BCUT2D eigenvalue weighted by Gasteiger charge is 2.28. The zero-order valence-electron chi connectivity index (χ0n) is 16.4. The molecule has 1 fully saturated rings. The van der Waals surface area contributed by atoms with E-state index in [1.54, 1.807) is 6.92 Å². The first-order chi connectivity index (χ1) is 12.5. The number of likely N-dealkylation sites (tertiary alicyclic amines) is 1. The molecule has 1 amide bonds. The Labute approximate surface area is 157 Å². The number of carbonyl (C=O) groups excluding carboxylic acids is 2. The minimum Gasteiger partial charge on any atom is -0.469 e. The van der Waals surface area contributed by atoms with E-state index in [4.69, 9.17) is 0 Å². The van der Waals surface area contributed by atoms with E-state index in [1.807, 2.05) is 24.0 Å². The summed E-state index contributed by atoms with van der Waals surface area (Å²) in [7, 11) is 1.41. The minimum atomic E-state index is -0.535. The SMILES string of the molecule is CC#CC[C@@H](C)[C@H](O)C=CC1CCC(=O)N1CCCCCCC(=O)OC. The van der Waals surface area contributed by atoms with Gasteiger partial charge in [-0.1, -0.05) is 31.9 Å². The number of ether oxygens (including phenoxy) is 1. The molecule has 146 valence electrons. The maximum Gasteiger partial charge on any atom is 0.305 e. The second-order valence-corrected chi connectivity index (χ2v) is 6.92. The lowest BCUT2D eigenvalue weighted by atomic mass is 10.00. The Kier molecular flexibility index (Phi) is 10.7. The number of nitrogens with zero attached hydrogens (tertiary/aromatic N) is 1. The zero-order valence-corrected chi connectivity index (χ0v) is 16.4. The van der Waals surface area contributed by atoms with Crippen LogP contribution in [0.2, 0.25) is 0 Å². The minimum absolute atomic E-state index is 0.0803. The van der Waals surface area contributed by atoms with Crippen LogP contribution in [0.15, 0.2) is 12.2 Å². The molecule has 1 unspecified atom stereocenters. The summed E-state index contributed by atoms with van der Waals surface area (Å²) in [6.45, 7) is 4.51. The van der Waals surface area contributed by atoms with Gasteiger partial charge in [-0.05, 0) is 32.1 Å². The van der Waals surface area contributed by atoms with Crippen LogP contribution in [-0.2, 0) is 14.3 Å². The van der Waals surface area contributed by atoms with Gasteiger partial charge in [-0.2, -0.15) is 0 Å². The molecule has 1 N–H and O–H groups in total. The summed E-state index contributed by atoms with van der Waals surface area (Å²) in [5.74, 6) is 5.94. The van der Waals surface area contributed by atoms with Gasteiger partial charge in [0.2, 0.25) is 5.91 Å². The summed E-state index contributed by atoms with van der Waals surface area (Å²) in [5, 5.41) is 10.2. The Hall–Kier alpha value is -1.80. The molecule has 1 heterocycles. The molecule has 1 aliphatic rings. The third-order valence-corrected chi connectivity index (χ3v) is 4.85. The van der Waals surface area contributed by atoms with Gasteiger partial charge >= 0.3 is 5.97 Å². The highest BCUT2D eigenvalue weighted by atomic mass is 16.5. The molecule has 1 saturated heterocycles. The fourth-order valence-corrected chi connectivity index (χ4v) is 3.07. The lowest BCUT2D eigenvalue weighted by Crippen LogP contribution is -2.33. The van der Waals surface area contributed by atoms with E-state index < -0.39 is 6.10 Å². The van der Waals surface area contributed by atoms with E-state index in [-0.39, 0.29) is 23.8 Å². The lowest BCUT2D eigenvalue weighted by molar-refractivity contribution is -0.140. The lowest BCUT2D eigenvalue weighted by Gasteiger charge is -2.23. The molecule has 5 nitrogen and oxygen atoms in total. The van der Waals surface area contributed by atoms with Gasteiger partial charge in [0.1, 0.15) is 0 Å². The van der Waals surface area contributed by atoms with Crippen molar-refractivity contribution in [2.45, 2.75) is 77.4 Å². The van der Waals surface area contributed by atoms with Gasteiger partial charge in [0.05, 0.1) is 19.3 Å². The van der Waals surface area contributed by atoms with E-state index in [9.17, 15) is 14.7 Å². The van der Waals surface area contributed by atoms with Gasteiger partial charge in [0, 0.05) is 25.8 Å². The molecule has 1 rings (SSSR count). The Morgan fingerprint density at radius 2 is 2.12 bits per heavy atom. The van der Waals surface area contributed by atoms with Crippen molar-refractivity contribution in [2.24, 2.45) is 5.92 Å². The molecule has 0 aromatic rings. The highest BCUT2D eigenvalue weighted by Crippen LogP contribution is 2.21. The maximum atomic E-state index is 12.1. The third-order valence-electron chi connectivity index (χ3n) is 4.85. The molecular weight excluding hydrogens is 330 g/mol. The predicted molar refractivity (Wildman–Crippen MR) is 102 cm³/mol. The largest absolute Gasteiger partial charge is 0.469 e. The van der Waals surface area contributed by atoms with Gasteiger partial charge < -0.3 is 14.7 Å². The number of aliphatic hydroxyl groups is 1. The summed E-state index contributed by atoms with van der Waals surface area (Å²) >= 11 is 0. The van der Waals surface area contributed by atoms with E-state index in [0.29, 0.717) is 19.3 Å². The molecule has 0 radical (unpaired) electrons. The van der Waals surface area contributed by atoms with Crippen LogP contribution in [0, 0.1) is 17.8 Å². The van der Waals surface area contributed by atoms with Crippen LogP contribution in [0.1, 0.15) is 65.2 Å². The molecule has 0 aromatic carbocycles. The number of hydrogen-bond acceptors (Lipinski definition) is 4. The Balaban J connectivity index is 2.36. The van der Waals surface area contributed by atoms with E-state index in [2.05, 4.69) is 16.6 Å². The van der Waals surface area contributed by atoms with Crippen molar-refractivity contribution in [1.82, 2.24) is 4.90 Å². The number of carbonyl (C=O) groups is 2. The van der Waals surface area contributed by atoms with Crippen LogP contribution in [0.25, 0.3) is 0 Å². The van der Waals surface area contributed by atoms with Crippen LogP contribution < -0.4 is 0 Å². The molecule has 5 heteroatoms. The first-order valence-electron chi connectivity index (χ1n) is 9.61. The molecule has 0 saturated carbocycles. The summed E-state index contributed by atoms with van der Waals surface area (Å²) in [5.41, 5.74) is 0. The van der Waals surface area contributed by atoms with Gasteiger partial charge in [-0.15, -0.1) is 11.8 Å². The second-order valence-electron chi connectivity index (χ2n) is 6.92. The molecule has 26 heavy (non-hydrogen) atoms. The Bertz CT molecular complexity index is 532. The summed E-state index contributed by atoms with van der Waals surface area (Å²) in [6.07, 6.45) is 9.49. The third kappa shape index (κ3) is 8.05. The number of hydrogen-bond donors (Lipinski definition) is 1. The van der Waals surface area contributed by atoms with E-state index in [1.165, 1.54) is 7.11 Å². The van der Waals surface area contributed by atoms with Crippen LogP contribution >= 0.6 is 0 Å². The predicted octanol–water partition coefficient (Wildman–Crippen LogP) is 3.07. The molecule has 3 atom stereocenters. The standard InChI is InChI=1S/C21H33NO4/c1-4-5-10-17(2)19(23)14-12-18-13-15-20(24)22(18)16-9-7-6-8-11-21(25)26-3/h12,14,17-19,23H,6-11,13,15-16H2,1-3H3/t17-,18?,19-/m1/s1. The smallest absolute Gasteiger partial charge is 0.305 e. The second kappa shape index (κ2) is 12.5. The number of esters is 1. The van der Waals surface area contributed by atoms with Crippen molar-refractivity contribution >= 4 is 11.9 Å². The van der Waals surface area contributed by atoms with E-state index >= 15 is 0 Å². The fraction of sp³-hybridized carbons (Fsp3) is 0.714. The molecule has 0 bridgehead atoms. The molecule has 0 aliphatic carbocycles. The van der Waals surface area contributed by atoms with Crippen molar-refractivity contribution < 1.29 is 19.4 Å². The topological polar surface area (TPSA) is 66.8 Å². The molecule has 0 aromatic heterocycles. The van der Waals surface area contributed by atoms with Crippen LogP contribution in [0.3, 0.4) is 0 Å². The van der Waals surface area contributed by atoms with Gasteiger partial charge in [0.25, 0.3) is 0 Å². The van der Waals surface area contributed by atoms with Crippen molar-refractivity contribution in [1.29, 1.82) is 0 Å². The number of aliphatic hydroxyl groups excluding tert-OH is 1. The molecular formula is C21H33NO4. The van der Waals surface area contributed by atoms with Crippen molar-refractivity contribution in [2.75, 3.05) is 13.7 Å². The monoisotopic (exact) mass is 363 g/mol. The zero-order chi connectivity index (χ0) is 19.4. The van der Waals surface area contributed by atoms with Crippen molar-refractivity contribution in [3.63, 3.8) is 0 Å². The number of methoxy groups -OCH3 is 1. The van der Waals surface area contributed by atoms with Crippen molar-refractivity contribution in [3.05, 3.63) is 12.2 Å². The van der Waals surface area contributed by atoms with E-state index in [0.717, 1.165) is 38.6 Å². The van der Waals surface area contributed by atoms with Gasteiger partial charge in [-0.3, -0.25) is 9.59 Å².